The molecular formula is C21H19ClN4O2. The summed E-state index contributed by atoms with van der Waals surface area (Å²) in [5.41, 5.74) is 2.89. The Kier molecular flexibility index (Phi) is 5.21. The Hall–Kier alpha value is -2.99. The first-order valence-corrected chi connectivity index (χ1v) is 9.51. The van der Waals surface area contributed by atoms with Gasteiger partial charge in [0.15, 0.2) is 0 Å². The van der Waals surface area contributed by atoms with Gasteiger partial charge >= 0.3 is 0 Å². The lowest BCUT2D eigenvalue weighted by atomic mass is 10.1. The monoisotopic (exact) mass is 394 g/mol. The number of carbonyl (C=O) groups excluding carboxylic acids is 2. The number of hydrogen-bond donors (Lipinski definition) is 0. The molecule has 3 aromatic rings. The van der Waals surface area contributed by atoms with Crippen molar-refractivity contribution in [2.75, 3.05) is 19.6 Å². The Morgan fingerprint density at radius 1 is 1.00 bits per heavy atom. The van der Waals surface area contributed by atoms with Gasteiger partial charge in [-0.15, -0.1) is 0 Å². The van der Waals surface area contributed by atoms with E-state index < -0.39 is 0 Å². The van der Waals surface area contributed by atoms with Crippen molar-refractivity contribution in [1.82, 2.24) is 19.8 Å². The van der Waals surface area contributed by atoms with Crippen molar-refractivity contribution in [3.05, 3.63) is 71.0 Å². The summed E-state index contributed by atoms with van der Waals surface area (Å²) < 4.78 is 0. The van der Waals surface area contributed by atoms with Gasteiger partial charge in [-0.2, -0.15) is 0 Å². The molecule has 0 spiro atoms. The second kappa shape index (κ2) is 7.94. The zero-order valence-corrected chi connectivity index (χ0v) is 16.0. The maximum absolute atomic E-state index is 12.9. The molecule has 2 heterocycles. The van der Waals surface area contributed by atoms with Gasteiger partial charge in [-0.05, 0) is 29.8 Å². The van der Waals surface area contributed by atoms with E-state index in [4.69, 9.17) is 11.6 Å². The van der Waals surface area contributed by atoms with Crippen molar-refractivity contribution in [2.24, 2.45) is 0 Å². The van der Waals surface area contributed by atoms with Gasteiger partial charge in [-0.1, -0.05) is 29.8 Å². The van der Waals surface area contributed by atoms with Crippen LogP contribution in [0.3, 0.4) is 0 Å². The van der Waals surface area contributed by atoms with E-state index in [1.54, 1.807) is 40.4 Å². The number of fused-ring (bicyclic) bond motifs is 1. The Morgan fingerprint density at radius 2 is 1.79 bits per heavy atom. The summed E-state index contributed by atoms with van der Waals surface area (Å²) in [6, 6.07) is 12.8. The molecule has 2 aromatic carbocycles. The summed E-state index contributed by atoms with van der Waals surface area (Å²) in [6.07, 6.45) is 3.52. The molecular weight excluding hydrogens is 376 g/mol. The summed E-state index contributed by atoms with van der Waals surface area (Å²) in [7, 11) is 0. The minimum absolute atomic E-state index is 0.0274. The Labute approximate surface area is 167 Å². The zero-order valence-electron chi connectivity index (χ0n) is 15.2. The average molecular weight is 395 g/mol. The topological polar surface area (TPSA) is 66.4 Å². The highest BCUT2D eigenvalue weighted by molar-refractivity contribution is 6.31. The molecule has 0 N–H and O–H groups in total. The molecule has 7 heteroatoms. The van der Waals surface area contributed by atoms with Crippen LogP contribution < -0.4 is 0 Å². The third kappa shape index (κ3) is 3.82. The summed E-state index contributed by atoms with van der Waals surface area (Å²) in [4.78, 5) is 37.5. The lowest BCUT2D eigenvalue weighted by Crippen LogP contribution is -2.35. The van der Waals surface area contributed by atoms with Crippen molar-refractivity contribution < 1.29 is 9.59 Å². The predicted molar refractivity (Wildman–Crippen MR) is 107 cm³/mol. The maximum atomic E-state index is 12.9. The van der Waals surface area contributed by atoms with E-state index in [-0.39, 0.29) is 11.8 Å². The SMILES string of the molecule is O=C1CCN(C(=O)c2ccc3nccnc3c2)CCN1Cc1ccccc1Cl. The van der Waals surface area contributed by atoms with E-state index in [2.05, 4.69) is 9.97 Å². The first-order valence-electron chi connectivity index (χ1n) is 9.13. The molecule has 0 radical (unpaired) electrons. The summed E-state index contributed by atoms with van der Waals surface area (Å²) >= 11 is 6.23. The fourth-order valence-corrected chi connectivity index (χ4v) is 3.54. The van der Waals surface area contributed by atoms with Crippen molar-refractivity contribution in [1.29, 1.82) is 0 Å². The van der Waals surface area contributed by atoms with Crippen LogP contribution in [-0.2, 0) is 11.3 Å². The fourth-order valence-electron chi connectivity index (χ4n) is 3.35. The molecule has 0 atom stereocenters. The van der Waals surface area contributed by atoms with E-state index in [0.29, 0.717) is 48.7 Å². The highest BCUT2D eigenvalue weighted by Crippen LogP contribution is 2.19. The summed E-state index contributed by atoms with van der Waals surface area (Å²) in [5.74, 6) is -0.0699. The number of amides is 2. The van der Waals surface area contributed by atoms with Gasteiger partial charge in [-0.3, -0.25) is 19.6 Å². The predicted octanol–water partition coefficient (Wildman–Crippen LogP) is 3.16. The normalized spacial score (nSPS) is 15.0. The molecule has 2 amide bonds. The standard InChI is InChI=1S/C21H19ClN4O2/c22-17-4-2-1-3-16(17)14-26-12-11-25(10-7-20(26)27)21(28)15-5-6-18-19(13-15)24-9-8-23-18/h1-6,8-9,13H,7,10-12,14H2. The number of nitrogens with zero attached hydrogens (tertiary/aromatic N) is 4. The van der Waals surface area contributed by atoms with Gasteiger partial charge in [0.1, 0.15) is 0 Å². The number of halogens is 1. The van der Waals surface area contributed by atoms with E-state index in [0.717, 1.165) is 11.1 Å². The van der Waals surface area contributed by atoms with Crippen LogP contribution in [0, 0.1) is 0 Å². The molecule has 1 aliphatic rings. The molecule has 1 aromatic heterocycles. The molecule has 28 heavy (non-hydrogen) atoms. The molecule has 0 saturated carbocycles. The van der Waals surface area contributed by atoms with Crippen molar-refractivity contribution in [3.63, 3.8) is 0 Å². The Bertz CT molecular complexity index is 1040. The van der Waals surface area contributed by atoms with Gasteiger partial charge in [0.25, 0.3) is 5.91 Å². The number of rotatable bonds is 3. The van der Waals surface area contributed by atoms with Crippen molar-refractivity contribution >= 4 is 34.4 Å². The lowest BCUT2D eigenvalue weighted by Gasteiger charge is -2.23. The molecule has 6 nitrogen and oxygen atoms in total. The van der Waals surface area contributed by atoms with Crippen LogP contribution in [0.1, 0.15) is 22.3 Å². The highest BCUT2D eigenvalue weighted by atomic mass is 35.5. The quantitative estimate of drug-likeness (QED) is 0.684. The van der Waals surface area contributed by atoms with Crippen LogP contribution in [0.4, 0.5) is 0 Å². The molecule has 1 saturated heterocycles. The number of carbonyl (C=O) groups is 2. The van der Waals surface area contributed by atoms with Gasteiger partial charge in [0, 0.05) is 55.6 Å². The minimum Gasteiger partial charge on any atom is -0.336 e. The smallest absolute Gasteiger partial charge is 0.254 e. The van der Waals surface area contributed by atoms with Crippen LogP contribution in [0.2, 0.25) is 5.02 Å². The van der Waals surface area contributed by atoms with Gasteiger partial charge < -0.3 is 9.80 Å². The number of hydrogen-bond acceptors (Lipinski definition) is 4. The molecule has 142 valence electrons. The maximum Gasteiger partial charge on any atom is 0.254 e. The molecule has 4 rings (SSSR count). The first-order chi connectivity index (χ1) is 13.6. The van der Waals surface area contributed by atoms with Crippen LogP contribution >= 0.6 is 11.6 Å². The highest BCUT2D eigenvalue weighted by Gasteiger charge is 2.25. The Morgan fingerprint density at radius 3 is 2.61 bits per heavy atom. The van der Waals surface area contributed by atoms with E-state index in [1.807, 2.05) is 24.3 Å². The van der Waals surface area contributed by atoms with Gasteiger partial charge in [0.2, 0.25) is 5.91 Å². The summed E-state index contributed by atoms with van der Waals surface area (Å²) in [5, 5.41) is 0.643. The fraction of sp³-hybridized carbons (Fsp3) is 0.238. The molecule has 0 unspecified atom stereocenters. The minimum atomic E-state index is -0.0973. The molecule has 1 aliphatic heterocycles. The van der Waals surface area contributed by atoms with Gasteiger partial charge in [-0.25, -0.2) is 0 Å². The van der Waals surface area contributed by atoms with Crippen LogP contribution in [-0.4, -0.2) is 51.2 Å². The molecule has 0 aliphatic carbocycles. The second-order valence-corrected chi connectivity index (χ2v) is 7.12. The van der Waals surface area contributed by atoms with Crippen molar-refractivity contribution in [3.8, 4) is 0 Å². The number of aromatic nitrogens is 2. The average Bonchev–Trinajstić information content (AvgIpc) is 2.90. The van der Waals surface area contributed by atoms with Crippen LogP contribution in [0.15, 0.2) is 54.9 Å². The molecule has 0 bridgehead atoms. The Balaban J connectivity index is 1.48. The lowest BCUT2D eigenvalue weighted by molar-refractivity contribution is -0.130. The van der Waals surface area contributed by atoms with E-state index >= 15 is 0 Å². The van der Waals surface area contributed by atoms with Crippen molar-refractivity contribution in [2.45, 2.75) is 13.0 Å². The van der Waals surface area contributed by atoms with E-state index in [9.17, 15) is 9.59 Å². The van der Waals surface area contributed by atoms with E-state index in [1.165, 1.54) is 0 Å². The summed E-state index contributed by atoms with van der Waals surface area (Å²) in [6.45, 7) is 1.80. The zero-order chi connectivity index (χ0) is 19.5. The van der Waals surface area contributed by atoms with Crippen LogP contribution in [0.5, 0.6) is 0 Å². The number of benzene rings is 2. The van der Waals surface area contributed by atoms with Gasteiger partial charge in [0.05, 0.1) is 11.0 Å². The molecule has 1 fully saturated rings. The third-order valence-electron chi connectivity index (χ3n) is 4.91. The first kappa shape index (κ1) is 18.4. The second-order valence-electron chi connectivity index (χ2n) is 6.71. The third-order valence-corrected chi connectivity index (χ3v) is 5.28. The van der Waals surface area contributed by atoms with Crippen LogP contribution in [0.25, 0.3) is 11.0 Å². The largest absolute Gasteiger partial charge is 0.336 e.